The molecule has 2 aliphatic rings. The third-order valence-electron chi connectivity index (χ3n) is 5.05. The summed E-state index contributed by atoms with van der Waals surface area (Å²) >= 11 is 0. The average Bonchev–Trinajstić information content (AvgIpc) is 2.48. The Labute approximate surface area is 130 Å². The maximum atomic E-state index is 12.1. The Balaban J connectivity index is 1.59. The minimum Gasteiger partial charge on any atom is -0.337 e. The largest absolute Gasteiger partial charge is 0.337 e. The lowest BCUT2D eigenvalue weighted by molar-refractivity contribution is 0.174. The van der Waals surface area contributed by atoms with Crippen molar-refractivity contribution in [1.29, 1.82) is 0 Å². The molecule has 0 bridgehead atoms. The molecule has 1 atom stereocenters. The number of rotatable bonds is 5. The Bertz CT molecular complexity index is 315. The van der Waals surface area contributed by atoms with Crippen molar-refractivity contribution in [3.63, 3.8) is 0 Å². The molecule has 4 nitrogen and oxygen atoms in total. The van der Waals surface area contributed by atoms with Crippen LogP contribution in [-0.2, 0) is 0 Å². The van der Waals surface area contributed by atoms with Crippen LogP contribution in [-0.4, -0.2) is 55.6 Å². The molecule has 0 aromatic rings. The van der Waals surface area contributed by atoms with E-state index >= 15 is 0 Å². The van der Waals surface area contributed by atoms with Crippen molar-refractivity contribution in [3.05, 3.63) is 0 Å². The molecule has 122 valence electrons. The summed E-state index contributed by atoms with van der Waals surface area (Å²) < 4.78 is 0. The highest BCUT2D eigenvalue weighted by Crippen LogP contribution is 2.24. The van der Waals surface area contributed by atoms with Gasteiger partial charge in [0.2, 0.25) is 0 Å². The van der Waals surface area contributed by atoms with Gasteiger partial charge in [0.15, 0.2) is 0 Å². The topological polar surface area (TPSA) is 35.6 Å². The van der Waals surface area contributed by atoms with Gasteiger partial charge in [-0.3, -0.25) is 0 Å². The molecular weight excluding hydrogens is 262 g/mol. The van der Waals surface area contributed by atoms with Gasteiger partial charge in [-0.25, -0.2) is 4.79 Å². The van der Waals surface area contributed by atoms with E-state index in [1.165, 1.54) is 58.0 Å². The van der Waals surface area contributed by atoms with Gasteiger partial charge in [0.25, 0.3) is 0 Å². The summed E-state index contributed by atoms with van der Waals surface area (Å²) in [5.74, 6) is 1.53. The fourth-order valence-corrected chi connectivity index (χ4v) is 3.79. The normalized spacial score (nSPS) is 24.8. The SMILES string of the molecule is CC1CCCN(CCNC(=O)N(C)CC2CCCCC2)C1. The van der Waals surface area contributed by atoms with Crippen LogP contribution in [0.2, 0.25) is 0 Å². The lowest BCUT2D eigenvalue weighted by atomic mass is 9.89. The molecule has 1 N–H and O–H groups in total. The van der Waals surface area contributed by atoms with E-state index < -0.39 is 0 Å². The monoisotopic (exact) mass is 295 g/mol. The summed E-state index contributed by atoms with van der Waals surface area (Å²) in [4.78, 5) is 16.5. The number of amides is 2. The van der Waals surface area contributed by atoms with Gasteiger partial charge in [-0.2, -0.15) is 0 Å². The summed E-state index contributed by atoms with van der Waals surface area (Å²) in [5, 5.41) is 3.08. The first-order valence-corrected chi connectivity index (χ1v) is 8.86. The van der Waals surface area contributed by atoms with Crippen LogP contribution >= 0.6 is 0 Å². The van der Waals surface area contributed by atoms with Gasteiger partial charge in [0, 0.05) is 33.2 Å². The highest BCUT2D eigenvalue weighted by atomic mass is 16.2. The van der Waals surface area contributed by atoms with Gasteiger partial charge < -0.3 is 15.1 Å². The van der Waals surface area contributed by atoms with Crippen molar-refractivity contribution in [2.45, 2.75) is 51.9 Å². The van der Waals surface area contributed by atoms with Gasteiger partial charge >= 0.3 is 6.03 Å². The maximum Gasteiger partial charge on any atom is 0.317 e. The zero-order valence-corrected chi connectivity index (χ0v) is 13.9. The van der Waals surface area contributed by atoms with Crippen molar-refractivity contribution < 1.29 is 4.79 Å². The van der Waals surface area contributed by atoms with Crippen LogP contribution in [0.4, 0.5) is 4.79 Å². The van der Waals surface area contributed by atoms with E-state index in [9.17, 15) is 4.79 Å². The quantitative estimate of drug-likeness (QED) is 0.846. The summed E-state index contributed by atoms with van der Waals surface area (Å²) in [6.45, 7) is 7.40. The highest BCUT2D eigenvalue weighted by Gasteiger charge is 2.19. The average molecular weight is 295 g/mol. The van der Waals surface area contributed by atoms with Crippen LogP contribution in [0.25, 0.3) is 0 Å². The second-order valence-corrected chi connectivity index (χ2v) is 7.16. The summed E-state index contributed by atoms with van der Waals surface area (Å²) in [5.41, 5.74) is 0. The predicted octanol–water partition coefficient (Wildman–Crippen LogP) is 2.94. The van der Waals surface area contributed by atoms with Crippen LogP contribution in [0.3, 0.4) is 0 Å². The van der Waals surface area contributed by atoms with Crippen LogP contribution in [0, 0.1) is 11.8 Å². The highest BCUT2D eigenvalue weighted by molar-refractivity contribution is 5.73. The van der Waals surface area contributed by atoms with Gasteiger partial charge in [-0.1, -0.05) is 26.2 Å². The van der Waals surface area contributed by atoms with E-state index in [4.69, 9.17) is 0 Å². The van der Waals surface area contributed by atoms with E-state index in [1.807, 2.05) is 11.9 Å². The van der Waals surface area contributed by atoms with Gasteiger partial charge in [-0.05, 0) is 44.1 Å². The van der Waals surface area contributed by atoms with E-state index in [1.54, 1.807) is 0 Å². The van der Waals surface area contributed by atoms with E-state index in [2.05, 4.69) is 17.1 Å². The Morgan fingerprint density at radius 2 is 1.95 bits per heavy atom. The third kappa shape index (κ3) is 5.85. The number of hydrogen-bond acceptors (Lipinski definition) is 2. The summed E-state index contributed by atoms with van der Waals surface area (Å²) in [7, 11) is 1.94. The fourth-order valence-electron chi connectivity index (χ4n) is 3.79. The molecule has 1 saturated carbocycles. The maximum absolute atomic E-state index is 12.1. The molecule has 0 aromatic carbocycles. The van der Waals surface area contributed by atoms with Crippen molar-refractivity contribution in [2.75, 3.05) is 39.8 Å². The number of hydrogen-bond donors (Lipinski definition) is 1. The molecule has 0 radical (unpaired) electrons. The first kappa shape index (κ1) is 16.6. The molecule has 1 aliphatic heterocycles. The Kier molecular flexibility index (Phi) is 6.81. The molecule has 1 saturated heterocycles. The Hall–Kier alpha value is -0.770. The van der Waals surface area contributed by atoms with Gasteiger partial charge in [0.1, 0.15) is 0 Å². The first-order chi connectivity index (χ1) is 10.1. The molecular formula is C17H33N3O. The lowest BCUT2D eigenvalue weighted by Crippen LogP contribution is -2.44. The standard InChI is InChI=1S/C17H33N3O/c1-15-7-6-11-20(13-15)12-10-18-17(21)19(2)14-16-8-4-3-5-9-16/h15-16H,3-14H2,1-2H3,(H,18,21). The van der Waals surface area contributed by atoms with Crippen molar-refractivity contribution in [3.8, 4) is 0 Å². The fraction of sp³-hybridized carbons (Fsp3) is 0.941. The second-order valence-electron chi connectivity index (χ2n) is 7.16. The van der Waals surface area contributed by atoms with Crippen LogP contribution in [0.5, 0.6) is 0 Å². The number of carbonyl (C=O) groups is 1. The number of likely N-dealkylation sites (tertiary alicyclic amines) is 1. The second kappa shape index (κ2) is 8.62. The zero-order chi connectivity index (χ0) is 15.1. The number of carbonyl (C=O) groups excluding carboxylic acids is 1. The molecule has 1 unspecified atom stereocenters. The first-order valence-electron chi connectivity index (χ1n) is 8.86. The number of urea groups is 1. The molecule has 4 heteroatoms. The third-order valence-corrected chi connectivity index (χ3v) is 5.05. The molecule has 1 heterocycles. The minimum absolute atomic E-state index is 0.102. The zero-order valence-electron chi connectivity index (χ0n) is 13.9. The molecule has 2 amide bonds. The molecule has 1 aliphatic carbocycles. The molecule has 0 aromatic heterocycles. The van der Waals surface area contributed by atoms with Gasteiger partial charge in [-0.15, -0.1) is 0 Å². The van der Waals surface area contributed by atoms with Crippen LogP contribution in [0.15, 0.2) is 0 Å². The van der Waals surface area contributed by atoms with Crippen molar-refractivity contribution in [2.24, 2.45) is 11.8 Å². The predicted molar refractivity (Wildman–Crippen MR) is 87.4 cm³/mol. The Morgan fingerprint density at radius 3 is 2.67 bits per heavy atom. The minimum atomic E-state index is 0.102. The number of nitrogens with one attached hydrogen (secondary N) is 1. The number of nitrogens with zero attached hydrogens (tertiary/aromatic N) is 2. The van der Waals surface area contributed by atoms with Gasteiger partial charge in [0.05, 0.1) is 0 Å². The van der Waals surface area contributed by atoms with Crippen LogP contribution in [0.1, 0.15) is 51.9 Å². The van der Waals surface area contributed by atoms with Crippen molar-refractivity contribution in [1.82, 2.24) is 15.1 Å². The number of piperidine rings is 1. The van der Waals surface area contributed by atoms with E-state index in [-0.39, 0.29) is 6.03 Å². The van der Waals surface area contributed by atoms with E-state index in [0.717, 1.165) is 31.5 Å². The summed E-state index contributed by atoms with van der Waals surface area (Å²) in [6, 6.07) is 0.102. The molecule has 0 spiro atoms. The lowest BCUT2D eigenvalue weighted by Gasteiger charge is -2.31. The van der Waals surface area contributed by atoms with Crippen LogP contribution < -0.4 is 5.32 Å². The van der Waals surface area contributed by atoms with Crippen molar-refractivity contribution >= 4 is 6.03 Å². The molecule has 21 heavy (non-hydrogen) atoms. The molecule has 2 fully saturated rings. The molecule has 2 rings (SSSR count). The summed E-state index contributed by atoms with van der Waals surface area (Å²) in [6.07, 6.45) is 9.30. The van der Waals surface area contributed by atoms with E-state index in [0.29, 0.717) is 0 Å². The Morgan fingerprint density at radius 1 is 1.19 bits per heavy atom. The smallest absolute Gasteiger partial charge is 0.317 e.